The van der Waals surface area contributed by atoms with Gasteiger partial charge in [0.2, 0.25) is 0 Å². The average molecular weight is 201 g/mol. The molecule has 1 aliphatic carbocycles. The molecule has 4 nitrogen and oxygen atoms in total. The Kier molecular flexibility index (Phi) is 3.50. The number of nitrogens with one attached hydrogen (secondary N) is 1. The maximum Gasteiger partial charge on any atom is 0.308 e. The van der Waals surface area contributed by atoms with Crippen LogP contribution in [0.2, 0.25) is 0 Å². The van der Waals surface area contributed by atoms with Crippen molar-refractivity contribution < 1.29 is 14.6 Å². The molecular weight excluding hydrogens is 182 g/mol. The SMILES string of the molecule is CCC(NC)C1(O)CC(C(=O)OC)C1. The summed E-state index contributed by atoms with van der Waals surface area (Å²) in [6, 6.07) is 0.0726. The topological polar surface area (TPSA) is 58.6 Å². The predicted molar refractivity (Wildman–Crippen MR) is 52.8 cm³/mol. The number of aliphatic hydroxyl groups is 1. The second-order valence-corrected chi connectivity index (χ2v) is 3.98. The Balaban J connectivity index is 2.47. The molecule has 0 heterocycles. The number of rotatable bonds is 4. The van der Waals surface area contributed by atoms with Crippen molar-refractivity contribution in [2.45, 2.75) is 37.8 Å². The molecule has 1 atom stereocenters. The van der Waals surface area contributed by atoms with Crippen molar-refractivity contribution in [3.8, 4) is 0 Å². The van der Waals surface area contributed by atoms with Crippen molar-refractivity contribution in [3.63, 3.8) is 0 Å². The molecule has 0 bridgehead atoms. The first-order valence-electron chi connectivity index (χ1n) is 5.05. The van der Waals surface area contributed by atoms with Gasteiger partial charge >= 0.3 is 5.97 Å². The largest absolute Gasteiger partial charge is 0.469 e. The summed E-state index contributed by atoms with van der Waals surface area (Å²) >= 11 is 0. The van der Waals surface area contributed by atoms with Crippen LogP contribution in [-0.2, 0) is 9.53 Å². The fourth-order valence-electron chi connectivity index (χ4n) is 2.26. The quantitative estimate of drug-likeness (QED) is 0.642. The lowest BCUT2D eigenvalue weighted by Crippen LogP contribution is -2.59. The number of esters is 1. The highest BCUT2D eigenvalue weighted by Crippen LogP contribution is 2.41. The minimum absolute atomic E-state index is 0.0726. The fourth-order valence-corrected chi connectivity index (χ4v) is 2.26. The Morgan fingerprint density at radius 2 is 2.29 bits per heavy atom. The van der Waals surface area contributed by atoms with E-state index in [9.17, 15) is 9.90 Å². The Morgan fingerprint density at radius 3 is 2.64 bits per heavy atom. The van der Waals surface area contributed by atoms with Crippen molar-refractivity contribution >= 4 is 5.97 Å². The predicted octanol–water partition coefficient (Wildman–Crippen LogP) is 0.298. The highest BCUT2D eigenvalue weighted by molar-refractivity contribution is 5.73. The molecule has 1 aliphatic rings. The highest BCUT2D eigenvalue weighted by atomic mass is 16.5. The number of carbonyl (C=O) groups excluding carboxylic acids is 1. The summed E-state index contributed by atoms with van der Waals surface area (Å²) in [5.74, 6) is -0.326. The van der Waals surface area contributed by atoms with Gasteiger partial charge in [-0.05, 0) is 26.3 Å². The molecule has 0 aromatic heterocycles. The Labute approximate surface area is 84.6 Å². The highest BCUT2D eigenvalue weighted by Gasteiger charge is 2.50. The van der Waals surface area contributed by atoms with Crippen LogP contribution >= 0.6 is 0 Å². The normalized spacial score (nSPS) is 33.3. The van der Waals surface area contributed by atoms with E-state index in [-0.39, 0.29) is 17.9 Å². The van der Waals surface area contributed by atoms with Crippen molar-refractivity contribution in [3.05, 3.63) is 0 Å². The molecular formula is C10H19NO3. The third-order valence-electron chi connectivity index (χ3n) is 3.14. The molecule has 1 rings (SSSR count). The zero-order valence-corrected chi connectivity index (χ0v) is 9.04. The minimum atomic E-state index is -0.720. The van der Waals surface area contributed by atoms with E-state index in [2.05, 4.69) is 10.1 Å². The van der Waals surface area contributed by atoms with Crippen LogP contribution in [0.4, 0.5) is 0 Å². The molecule has 4 heteroatoms. The summed E-state index contributed by atoms with van der Waals surface area (Å²) in [7, 11) is 3.21. The molecule has 14 heavy (non-hydrogen) atoms. The number of ether oxygens (including phenoxy) is 1. The third-order valence-corrected chi connectivity index (χ3v) is 3.14. The second-order valence-electron chi connectivity index (χ2n) is 3.98. The molecule has 2 N–H and O–H groups in total. The standard InChI is InChI=1S/C10H19NO3/c1-4-8(11-2)10(13)5-7(6-10)9(12)14-3/h7-8,11,13H,4-6H2,1-3H3. The molecule has 1 unspecified atom stereocenters. The van der Waals surface area contributed by atoms with Gasteiger partial charge in [0.15, 0.2) is 0 Å². The molecule has 0 spiro atoms. The van der Waals surface area contributed by atoms with E-state index < -0.39 is 5.60 Å². The average Bonchev–Trinajstić information content (AvgIpc) is 2.14. The van der Waals surface area contributed by atoms with Gasteiger partial charge in [-0.25, -0.2) is 0 Å². The lowest BCUT2D eigenvalue weighted by Gasteiger charge is -2.46. The first-order valence-corrected chi connectivity index (χ1v) is 5.05. The lowest BCUT2D eigenvalue weighted by atomic mass is 9.66. The fraction of sp³-hybridized carbons (Fsp3) is 0.900. The number of hydrogen-bond donors (Lipinski definition) is 2. The molecule has 0 radical (unpaired) electrons. The molecule has 0 aromatic rings. The van der Waals surface area contributed by atoms with E-state index in [1.54, 1.807) is 0 Å². The van der Waals surface area contributed by atoms with Gasteiger partial charge in [-0.2, -0.15) is 0 Å². The van der Waals surface area contributed by atoms with Crippen LogP contribution in [0.3, 0.4) is 0 Å². The number of likely N-dealkylation sites (N-methyl/N-ethyl adjacent to an activating group) is 1. The summed E-state index contributed by atoms with van der Waals surface area (Å²) < 4.78 is 4.62. The van der Waals surface area contributed by atoms with E-state index in [0.29, 0.717) is 12.8 Å². The van der Waals surface area contributed by atoms with Crippen LogP contribution in [0, 0.1) is 5.92 Å². The van der Waals surface area contributed by atoms with Crippen molar-refractivity contribution in [1.82, 2.24) is 5.32 Å². The van der Waals surface area contributed by atoms with E-state index in [1.807, 2.05) is 14.0 Å². The van der Waals surface area contributed by atoms with Crippen LogP contribution in [0.5, 0.6) is 0 Å². The van der Waals surface area contributed by atoms with E-state index in [0.717, 1.165) is 6.42 Å². The van der Waals surface area contributed by atoms with E-state index in [1.165, 1.54) is 7.11 Å². The van der Waals surface area contributed by atoms with Crippen LogP contribution in [0.15, 0.2) is 0 Å². The van der Waals surface area contributed by atoms with Gasteiger partial charge < -0.3 is 15.2 Å². The van der Waals surface area contributed by atoms with Crippen LogP contribution in [0.25, 0.3) is 0 Å². The maximum absolute atomic E-state index is 11.1. The van der Waals surface area contributed by atoms with Crippen molar-refractivity contribution in [1.29, 1.82) is 0 Å². The van der Waals surface area contributed by atoms with Gasteiger partial charge in [-0.3, -0.25) is 4.79 Å². The van der Waals surface area contributed by atoms with Gasteiger partial charge in [-0.1, -0.05) is 6.92 Å². The molecule has 82 valence electrons. The second kappa shape index (κ2) is 4.28. The third kappa shape index (κ3) is 1.91. The number of hydrogen-bond acceptors (Lipinski definition) is 4. The molecule has 0 aliphatic heterocycles. The van der Waals surface area contributed by atoms with Gasteiger partial charge in [0.1, 0.15) is 0 Å². The summed E-state index contributed by atoms with van der Waals surface area (Å²) in [6.45, 7) is 2.02. The van der Waals surface area contributed by atoms with Gasteiger partial charge in [0, 0.05) is 6.04 Å². The molecule has 0 amide bonds. The summed E-state index contributed by atoms with van der Waals surface area (Å²) in [5, 5.41) is 13.2. The van der Waals surface area contributed by atoms with Gasteiger partial charge in [0.25, 0.3) is 0 Å². The number of methoxy groups -OCH3 is 1. The van der Waals surface area contributed by atoms with Crippen LogP contribution in [0.1, 0.15) is 26.2 Å². The van der Waals surface area contributed by atoms with E-state index >= 15 is 0 Å². The Bertz CT molecular complexity index is 207. The number of carbonyl (C=O) groups is 1. The van der Waals surface area contributed by atoms with E-state index in [4.69, 9.17) is 0 Å². The van der Waals surface area contributed by atoms with Gasteiger partial charge in [-0.15, -0.1) is 0 Å². The summed E-state index contributed by atoms with van der Waals surface area (Å²) in [6.07, 6.45) is 1.89. The molecule has 0 aromatic carbocycles. The Morgan fingerprint density at radius 1 is 1.71 bits per heavy atom. The van der Waals surface area contributed by atoms with Crippen LogP contribution < -0.4 is 5.32 Å². The molecule has 1 fully saturated rings. The zero-order valence-electron chi connectivity index (χ0n) is 9.04. The molecule has 1 saturated carbocycles. The first-order chi connectivity index (χ1) is 6.57. The first kappa shape index (κ1) is 11.5. The maximum atomic E-state index is 11.1. The summed E-state index contributed by atoms with van der Waals surface area (Å²) in [5.41, 5.74) is -0.720. The van der Waals surface area contributed by atoms with Gasteiger partial charge in [0.05, 0.1) is 18.6 Å². The monoisotopic (exact) mass is 201 g/mol. The summed E-state index contributed by atoms with van der Waals surface area (Å²) in [4.78, 5) is 11.1. The van der Waals surface area contributed by atoms with Crippen LogP contribution in [-0.4, -0.2) is 36.9 Å². The van der Waals surface area contributed by atoms with Crippen molar-refractivity contribution in [2.24, 2.45) is 5.92 Å². The lowest BCUT2D eigenvalue weighted by molar-refractivity contribution is -0.165. The molecule has 0 saturated heterocycles. The zero-order chi connectivity index (χ0) is 10.8. The Hall–Kier alpha value is -0.610. The van der Waals surface area contributed by atoms with Crippen molar-refractivity contribution in [2.75, 3.05) is 14.2 Å². The smallest absolute Gasteiger partial charge is 0.308 e. The minimum Gasteiger partial charge on any atom is -0.469 e.